The van der Waals surface area contributed by atoms with Gasteiger partial charge in [0.2, 0.25) is 5.91 Å². The molecule has 2 aromatic carbocycles. The molecule has 5 rings (SSSR count). The zero-order chi connectivity index (χ0) is 25.8. The van der Waals surface area contributed by atoms with Gasteiger partial charge in [-0.15, -0.1) is 0 Å². The molecule has 0 saturated carbocycles. The quantitative estimate of drug-likeness (QED) is 0.246. The molecule has 0 bridgehead atoms. The number of hydrogen-bond donors (Lipinski definition) is 2. The van der Waals surface area contributed by atoms with Gasteiger partial charge in [-0.25, -0.2) is 0 Å². The van der Waals surface area contributed by atoms with Crippen molar-refractivity contribution in [3.05, 3.63) is 113 Å². The third kappa shape index (κ3) is 5.45. The van der Waals surface area contributed by atoms with Crippen LogP contribution < -0.4 is 10.6 Å². The van der Waals surface area contributed by atoms with Gasteiger partial charge in [0.25, 0.3) is 0 Å². The van der Waals surface area contributed by atoms with Crippen LogP contribution >= 0.6 is 28.1 Å². The number of hydrogen-bond acceptors (Lipinski definition) is 3. The van der Waals surface area contributed by atoms with E-state index < -0.39 is 0 Å². The summed E-state index contributed by atoms with van der Waals surface area (Å²) in [5.74, 6) is -0.0352. The van der Waals surface area contributed by atoms with E-state index in [2.05, 4.69) is 72.3 Å². The minimum atomic E-state index is -0.151. The second-order valence-corrected chi connectivity index (χ2v) is 10.2. The molecule has 3 heterocycles. The fourth-order valence-corrected chi connectivity index (χ4v) is 5.42. The van der Waals surface area contributed by atoms with Crippen LogP contribution in [0.4, 0.5) is 5.69 Å². The van der Waals surface area contributed by atoms with E-state index in [1.807, 2.05) is 60.7 Å². The van der Waals surface area contributed by atoms with Crippen LogP contribution in [0.25, 0.3) is 5.69 Å². The maximum absolute atomic E-state index is 13.0. The highest BCUT2D eigenvalue weighted by molar-refractivity contribution is 9.10. The van der Waals surface area contributed by atoms with Gasteiger partial charge < -0.3 is 20.1 Å². The number of halogens is 1. The van der Waals surface area contributed by atoms with Crippen molar-refractivity contribution in [1.82, 2.24) is 19.8 Å². The highest BCUT2D eigenvalue weighted by atomic mass is 79.9. The summed E-state index contributed by atoms with van der Waals surface area (Å²) in [6.07, 6.45) is 5.02. The Morgan fingerprint density at radius 3 is 2.59 bits per heavy atom. The third-order valence-electron chi connectivity index (χ3n) is 6.64. The lowest BCUT2D eigenvalue weighted by atomic mass is 10.0. The first kappa shape index (κ1) is 25.2. The molecule has 1 aliphatic heterocycles. The molecule has 4 aromatic rings. The molecular formula is C29H28BrN5OS. The summed E-state index contributed by atoms with van der Waals surface area (Å²) < 4.78 is 3.20. The summed E-state index contributed by atoms with van der Waals surface area (Å²) in [6.45, 7) is 2.56. The first-order valence-electron chi connectivity index (χ1n) is 12.3. The predicted molar refractivity (Wildman–Crippen MR) is 155 cm³/mol. The maximum Gasteiger partial charge on any atom is 0.226 e. The third-order valence-corrected chi connectivity index (χ3v) is 7.52. The van der Waals surface area contributed by atoms with E-state index in [0.29, 0.717) is 18.1 Å². The van der Waals surface area contributed by atoms with Crippen molar-refractivity contribution in [1.29, 1.82) is 0 Å². The van der Waals surface area contributed by atoms with E-state index in [1.165, 1.54) is 0 Å². The molecule has 2 atom stereocenters. The first-order chi connectivity index (χ1) is 18.0. The Hall–Kier alpha value is -3.49. The van der Waals surface area contributed by atoms with Crippen molar-refractivity contribution in [2.45, 2.75) is 31.8 Å². The van der Waals surface area contributed by atoms with Crippen LogP contribution in [-0.2, 0) is 11.2 Å². The van der Waals surface area contributed by atoms with Crippen LogP contribution in [-0.4, -0.2) is 32.0 Å². The molecule has 0 aliphatic carbocycles. The van der Waals surface area contributed by atoms with Gasteiger partial charge >= 0.3 is 0 Å². The smallest absolute Gasteiger partial charge is 0.226 e. The van der Waals surface area contributed by atoms with Gasteiger partial charge in [0.1, 0.15) is 0 Å². The summed E-state index contributed by atoms with van der Waals surface area (Å²) in [5, 5.41) is 7.18. The molecule has 1 aliphatic rings. The van der Waals surface area contributed by atoms with Crippen LogP contribution in [0.3, 0.4) is 0 Å². The Kier molecular flexibility index (Phi) is 7.67. The Morgan fingerprint density at radius 1 is 1.05 bits per heavy atom. The molecule has 0 radical (unpaired) electrons. The Balaban J connectivity index is 1.43. The van der Waals surface area contributed by atoms with Gasteiger partial charge in [-0.05, 0) is 78.8 Å². The monoisotopic (exact) mass is 573 g/mol. The number of nitrogens with one attached hydrogen (secondary N) is 2. The van der Waals surface area contributed by atoms with Crippen LogP contribution in [0.15, 0.2) is 95.7 Å². The second kappa shape index (κ2) is 11.3. The second-order valence-electron chi connectivity index (χ2n) is 8.91. The summed E-state index contributed by atoms with van der Waals surface area (Å²) in [5.41, 5.74) is 5.01. The normalized spacial score (nSPS) is 17.0. The Bertz CT molecular complexity index is 1390. The first-order valence-corrected chi connectivity index (χ1v) is 13.5. The van der Waals surface area contributed by atoms with E-state index in [-0.39, 0.29) is 18.0 Å². The SMILES string of the molecule is CCc1ccccc1NC(=O)CCN1C(=S)N[C@H](c2ccccn2)[C@@H]1c1cccn1-c1ccc(Br)cc1. The van der Waals surface area contributed by atoms with Gasteiger partial charge in [-0.1, -0.05) is 47.1 Å². The Morgan fingerprint density at radius 2 is 1.84 bits per heavy atom. The largest absolute Gasteiger partial charge is 0.352 e. The summed E-state index contributed by atoms with van der Waals surface area (Å²) in [6, 6.07) is 25.9. The number of aryl methyl sites for hydroxylation is 1. The highest BCUT2D eigenvalue weighted by Gasteiger charge is 2.41. The van der Waals surface area contributed by atoms with Crippen molar-refractivity contribution in [3.63, 3.8) is 0 Å². The van der Waals surface area contributed by atoms with E-state index in [9.17, 15) is 4.79 Å². The van der Waals surface area contributed by atoms with E-state index in [4.69, 9.17) is 12.2 Å². The number of carbonyl (C=O) groups excluding carboxylic acids is 1. The molecule has 188 valence electrons. The van der Waals surface area contributed by atoms with Crippen LogP contribution in [0.2, 0.25) is 0 Å². The fraction of sp³-hybridized carbons (Fsp3) is 0.207. The minimum absolute atomic E-state index is 0.0352. The standard InChI is InChI=1S/C29H28BrN5OS/c1-2-20-8-3-4-9-23(20)32-26(36)16-19-35-28(27(33-29(35)37)24-10-5-6-17-31-24)25-11-7-18-34(25)22-14-12-21(30)13-15-22/h3-15,17-18,27-28H,2,16,19H2,1H3,(H,32,36)(H,33,37)/t27-,28+/m1/s1. The van der Waals surface area contributed by atoms with Crippen molar-refractivity contribution < 1.29 is 4.79 Å². The van der Waals surface area contributed by atoms with E-state index >= 15 is 0 Å². The molecule has 2 N–H and O–H groups in total. The minimum Gasteiger partial charge on any atom is -0.352 e. The molecule has 2 aromatic heterocycles. The van der Waals surface area contributed by atoms with Crippen molar-refractivity contribution in [3.8, 4) is 5.69 Å². The van der Waals surface area contributed by atoms with Crippen molar-refractivity contribution >= 4 is 44.9 Å². The molecule has 0 unspecified atom stereocenters. The summed E-state index contributed by atoms with van der Waals surface area (Å²) in [4.78, 5) is 19.7. The number of anilines is 1. The van der Waals surface area contributed by atoms with Crippen LogP contribution in [0, 0.1) is 0 Å². The average Bonchev–Trinajstić information content (AvgIpc) is 3.53. The molecule has 8 heteroatoms. The number of pyridine rings is 1. The van der Waals surface area contributed by atoms with Gasteiger partial charge in [0.15, 0.2) is 5.11 Å². The highest BCUT2D eigenvalue weighted by Crippen LogP contribution is 2.39. The van der Waals surface area contributed by atoms with Gasteiger partial charge in [-0.2, -0.15) is 0 Å². The lowest BCUT2D eigenvalue weighted by Crippen LogP contribution is -2.33. The number of aromatic nitrogens is 2. The number of thiocarbonyl (C=S) groups is 1. The van der Waals surface area contributed by atoms with Crippen molar-refractivity contribution in [2.24, 2.45) is 0 Å². The molecule has 37 heavy (non-hydrogen) atoms. The maximum atomic E-state index is 13.0. The number of amides is 1. The average molecular weight is 575 g/mol. The Labute approximate surface area is 230 Å². The summed E-state index contributed by atoms with van der Waals surface area (Å²) >= 11 is 9.33. The zero-order valence-corrected chi connectivity index (χ0v) is 22.9. The van der Waals surface area contributed by atoms with Crippen LogP contribution in [0.1, 0.15) is 42.4 Å². The molecule has 1 amide bonds. The van der Waals surface area contributed by atoms with Gasteiger partial charge in [0, 0.05) is 46.9 Å². The molecule has 0 spiro atoms. The van der Waals surface area contributed by atoms with E-state index in [0.717, 1.165) is 39.2 Å². The van der Waals surface area contributed by atoms with Gasteiger partial charge in [0.05, 0.1) is 17.8 Å². The van der Waals surface area contributed by atoms with E-state index in [1.54, 1.807) is 6.20 Å². The lowest BCUT2D eigenvalue weighted by Gasteiger charge is -2.29. The number of rotatable bonds is 8. The molecular weight excluding hydrogens is 546 g/mol. The molecule has 6 nitrogen and oxygen atoms in total. The predicted octanol–water partition coefficient (Wildman–Crippen LogP) is 6.20. The number of nitrogens with zero attached hydrogens (tertiary/aromatic N) is 3. The van der Waals surface area contributed by atoms with Gasteiger partial charge in [-0.3, -0.25) is 9.78 Å². The number of para-hydroxylation sites is 1. The van der Waals surface area contributed by atoms with Crippen molar-refractivity contribution in [2.75, 3.05) is 11.9 Å². The lowest BCUT2D eigenvalue weighted by molar-refractivity contribution is -0.116. The number of carbonyl (C=O) groups is 1. The van der Waals surface area contributed by atoms with Crippen LogP contribution in [0.5, 0.6) is 0 Å². The topological polar surface area (TPSA) is 62.2 Å². The number of benzene rings is 2. The molecule has 1 fully saturated rings. The fourth-order valence-electron chi connectivity index (χ4n) is 4.83. The zero-order valence-electron chi connectivity index (χ0n) is 20.5. The summed E-state index contributed by atoms with van der Waals surface area (Å²) in [7, 11) is 0. The molecule has 1 saturated heterocycles.